The molecule has 3 aromatic rings. The minimum Gasteiger partial charge on any atom is -0.492 e. The van der Waals surface area contributed by atoms with Crippen LogP contribution >= 0.6 is 0 Å². The van der Waals surface area contributed by atoms with Crippen molar-refractivity contribution >= 4 is 22.9 Å². The summed E-state index contributed by atoms with van der Waals surface area (Å²) in [6.07, 6.45) is 5.49. The normalized spacial score (nSPS) is 13.9. The first kappa shape index (κ1) is 18.8. The van der Waals surface area contributed by atoms with Crippen LogP contribution < -0.4 is 10.1 Å². The van der Waals surface area contributed by atoms with Gasteiger partial charge in [0.25, 0.3) is 5.91 Å². The highest BCUT2D eigenvalue weighted by molar-refractivity contribution is 6.04. The maximum atomic E-state index is 13.0. The van der Waals surface area contributed by atoms with Crippen molar-refractivity contribution in [3.05, 3.63) is 71.7 Å². The van der Waals surface area contributed by atoms with Gasteiger partial charge in [-0.25, -0.2) is 4.39 Å². The zero-order valence-corrected chi connectivity index (χ0v) is 15.8. The van der Waals surface area contributed by atoms with E-state index in [0.29, 0.717) is 18.9 Å². The van der Waals surface area contributed by atoms with E-state index in [1.807, 2.05) is 41.1 Å². The first-order valence-corrected chi connectivity index (χ1v) is 9.53. The van der Waals surface area contributed by atoms with Crippen molar-refractivity contribution in [2.75, 3.05) is 6.61 Å². The Morgan fingerprint density at radius 1 is 1.24 bits per heavy atom. The number of carbonyl (C=O) groups is 1. The van der Waals surface area contributed by atoms with Crippen LogP contribution in [0.1, 0.15) is 18.4 Å². The van der Waals surface area contributed by atoms with E-state index in [1.165, 1.54) is 12.1 Å². The minimum atomic E-state index is -0.327. The predicted octanol–water partition coefficient (Wildman–Crippen LogP) is 4.04. The Labute approximate surface area is 168 Å². The van der Waals surface area contributed by atoms with Crippen molar-refractivity contribution in [2.24, 2.45) is 0 Å². The number of carbonyl (C=O) groups excluding carboxylic acids is 1. The molecule has 0 aliphatic heterocycles. The Kier molecular flexibility index (Phi) is 5.30. The lowest BCUT2D eigenvalue weighted by Gasteiger charge is -2.08. The van der Waals surface area contributed by atoms with Crippen LogP contribution in [0.2, 0.25) is 0 Å². The molecule has 0 atom stereocenters. The van der Waals surface area contributed by atoms with E-state index in [2.05, 4.69) is 5.32 Å². The SMILES string of the molecule is N#CC(=Cc1cn(CCOc2ccc(F)cc2)c2ccccc12)C(=O)NC1CC1. The molecule has 29 heavy (non-hydrogen) atoms. The van der Waals surface area contributed by atoms with Gasteiger partial charge in [0.1, 0.15) is 29.8 Å². The summed E-state index contributed by atoms with van der Waals surface area (Å²) in [5.41, 5.74) is 1.90. The highest BCUT2D eigenvalue weighted by atomic mass is 19.1. The summed E-state index contributed by atoms with van der Waals surface area (Å²) >= 11 is 0. The molecule has 1 saturated carbocycles. The molecule has 146 valence electrons. The highest BCUT2D eigenvalue weighted by Gasteiger charge is 2.24. The van der Waals surface area contributed by atoms with Crippen LogP contribution in [-0.2, 0) is 11.3 Å². The van der Waals surface area contributed by atoms with Crippen LogP contribution in [0, 0.1) is 17.1 Å². The number of benzene rings is 2. The third-order valence-electron chi connectivity index (χ3n) is 4.81. The lowest BCUT2D eigenvalue weighted by molar-refractivity contribution is -0.117. The van der Waals surface area contributed by atoms with E-state index in [4.69, 9.17) is 4.74 Å². The molecule has 1 N–H and O–H groups in total. The number of nitriles is 1. The predicted molar refractivity (Wildman–Crippen MR) is 109 cm³/mol. The Hall–Kier alpha value is -3.59. The molecule has 2 aromatic carbocycles. The van der Waals surface area contributed by atoms with Gasteiger partial charge in [0, 0.05) is 28.7 Å². The van der Waals surface area contributed by atoms with Gasteiger partial charge in [-0.3, -0.25) is 4.79 Å². The van der Waals surface area contributed by atoms with Gasteiger partial charge in [-0.15, -0.1) is 0 Å². The van der Waals surface area contributed by atoms with Crippen molar-refractivity contribution in [1.29, 1.82) is 5.26 Å². The lowest BCUT2D eigenvalue weighted by atomic mass is 10.1. The molecule has 1 aliphatic carbocycles. The fourth-order valence-corrected chi connectivity index (χ4v) is 3.16. The topological polar surface area (TPSA) is 67.0 Å². The fourth-order valence-electron chi connectivity index (χ4n) is 3.16. The molecule has 1 fully saturated rings. The van der Waals surface area contributed by atoms with Crippen LogP contribution in [0.25, 0.3) is 17.0 Å². The average molecular weight is 389 g/mol. The molecule has 6 heteroatoms. The lowest BCUT2D eigenvalue weighted by Crippen LogP contribution is -2.26. The standard InChI is InChI=1S/C23H20FN3O2/c24-18-5-9-20(10-6-18)29-12-11-27-15-17(21-3-1-2-4-22(21)27)13-16(14-25)23(28)26-19-7-8-19/h1-6,9-10,13,15,19H,7-8,11-12H2,(H,26,28). The minimum absolute atomic E-state index is 0.0994. The second-order valence-corrected chi connectivity index (χ2v) is 7.01. The van der Waals surface area contributed by atoms with E-state index in [1.54, 1.807) is 18.2 Å². The Morgan fingerprint density at radius 2 is 2.00 bits per heavy atom. The first-order chi connectivity index (χ1) is 14.1. The maximum absolute atomic E-state index is 13.0. The molecule has 1 aliphatic rings. The largest absolute Gasteiger partial charge is 0.492 e. The number of aromatic nitrogens is 1. The van der Waals surface area contributed by atoms with Gasteiger partial charge >= 0.3 is 0 Å². The van der Waals surface area contributed by atoms with E-state index >= 15 is 0 Å². The molecule has 0 bridgehead atoms. The summed E-state index contributed by atoms with van der Waals surface area (Å²) in [6, 6.07) is 15.9. The molecule has 1 aromatic heterocycles. The van der Waals surface area contributed by atoms with Crippen molar-refractivity contribution in [3.63, 3.8) is 0 Å². The molecule has 1 heterocycles. The Bertz CT molecular complexity index is 1110. The summed E-state index contributed by atoms with van der Waals surface area (Å²) in [7, 11) is 0. The third-order valence-corrected chi connectivity index (χ3v) is 4.81. The van der Waals surface area contributed by atoms with Crippen molar-refractivity contribution < 1.29 is 13.9 Å². The number of para-hydroxylation sites is 1. The molecule has 1 amide bonds. The van der Waals surface area contributed by atoms with Crippen LogP contribution in [-0.4, -0.2) is 23.1 Å². The summed E-state index contributed by atoms with van der Waals surface area (Å²) in [6.45, 7) is 0.975. The van der Waals surface area contributed by atoms with Crippen molar-refractivity contribution in [2.45, 2.75) is 25.4 Å². The smallest absolute Gasteiger partial charge is 0.262 e. The molecule has 5 nitrogen and oxygen atoms in total. The number of fused-ring (bicyclic) bond motifs is 1. The summed E-state index contributed by atoms with van der Waals surface area (Å²) in [5, 5.41) is 13.2. The average Bonchev–Trinajstić information content (AvgIpc) is 3.48. The van der Waals surface area contributed by atoms with Crippen LogP contribution in [0.5, 0.6) is 5.75 Å². The van der Waals surface area contributed by atoms with Crippen molar-refractivity contribution in [3.8, 4) is 11.8 Å². The molecular formula is C23H20FN3O2. The zero-order valence-electron chi connectivity index (χ0n) is 15.8. The number of ether oxygens (including phenoxy) is 1. The van der Waals surface area contributed by atoms with E-state index in [9.17, 15) is 14.4 Å². The second kappa shape index (κ2) is 8.19. The van der Waals surface area contributed by atoms with Crippen LogP contribution in [0.3, 0.4) is 0 Å². The van der Waals surface area contributed by atoms with Crippen LogP contribution in [0.4, 0.5) is 4.39 Å². The van der Waals surface area contributed by atoms with Gasteiger partial charge in [-0.05, 0) is 49.2 Å². The molecule has 0 spiro atoms. The van der Waals surface area contributed by atoms with Crippen molar-refractivity contribution in [1.82, 2.24) is 9.88 Å². The Morgan fingerprint density at radius 3 is 2.72 bits per heavy atom. The molecule has 0 unspecified atom stereocenters. The molecule has 0 radical (unpaired) electrons. The van der Waals surface area contributed by atoms with E-state index in [0.717, 1.165) is 29.3 Å². The zero-order chi connectivity index (χ0) is 20.2. The summed E-state index contributed by atoms with van der Waals surface area (Å²) < 4.78 is 20.7. The number of hydrogen-bond donors (Lipinski definition) is 1. The van der Waals surface area contributed by atoms with Gasteiger partial charge in [-0.2, -0.15) is 5.26 Å². The summed E-state index contributed by atoms with van der Waals surface area (Å²) in [5.74, 6) is -0.0258. The quantitative estimate of drug-likeness (QED) is 0.490. The van der Waals surface area contributed by atoms with Gasteiger partial charge < -0.3 is 14.6 Å². The molecular weight excluding hydrogens is 369 g/mol. The summed E-state index contributed by atoms with van der Waals surface area (Å²) in [4.78, 5) is 12.3. The first-order valence-electron chi connectivity index (χ1n) is 9.53. The van der Waals surface area contributed by atoms with E-state index in [-0.39, 0.29) is 23.3 Å². The number of nitrogens with zero attached hydrogens (tertiary/aromatic N) is 2. The molecule has 0 saturated heterocycles. The monoisotopic (exact) mass is 389 g/mol. The third kappa shape index (κ3) is 4.46. The van der Waals surface area contributed by atoms with Gasteiger partial charge in [0.2, 0.25) is 0 Å². The maximum Gasteiger partial charge on any atom is 0.262 e. The van der Waals surface area contributed by atoms with Crippen LogP contribution in [0.15, 0.2) is 60.3 Å². The number of hydrogen-bond acceptors (Lipinski definition) is 3. The number of rotatable bonds is 7. The second-order valence-electron chi connectivity index (χ2n) is 7.01. The number of nitrogens with one attached hydrogen (secondary N) is 1. The fraction of sp³-hybridized carbons (Fsp3) is 0.217. The van der Waals surface area contributed by atoms with Gasteiger partial charge in [0.05, 0.1) is 6.54 Å². The van der Waals surface area contributed by atoms with Gasteiger partial charge in [-0.1, -0.05) is 18.2 Å². The number of halogens is 1. The number of amides is 1. The molecule has 4 rings (SSSR count). The Balaban J connectivity index is 1.54. The van der Waals surface area contributed by atoms with E-state index < -0.39 is 0 Å². The van der Waals surface area contributed by atoms with Gasteiger partial charge in [0.15, 0.2) is 0 Å². The highest BCUT2D eigenvalue weighted by Crippen LogP contribution is 2.24.